The third kappa shape index (κ3) is 7.52. The summed E-state index contributed by atoms with van der Waals surface area (Å²) in [6.45, 7) is 2.16. The lowest BCUT2D eigenvalue weighted by Crippen LogP contribution is -2.11. The van der Waals surface area contributed by atoms with E-state index in [2.05, 4.69) is 12.1 Å². The Bertz CT molecular complexity index is 117. The normalized spacial score (nSPS) is 11.9. The molecule has 3 nitrogen and oxygen atoms in total. The van der Waals surface area contributed by atoms with Gasteiger partial charge >= 0.3 is 0 Å². The summed E-state index contributed by atoms with van der Waals surface area (Å²) in [7, 11) is 0. The van der Waals surface area contributed by atoms with Crippen molar-refractivity contribution < 1.29 is 5.21 Å². The molecule has 0 atom stereocenters. The lowest BCUT2D eigenvalue weighted by molar-refractivity contribution is 0.317. The van der Waals surface area contributed by atoms with Gasteiger partial charge in [0.05, 0.1) is 0 Å². The van der Waals surface area contributed by atoms with Crippen LogP contribution in [0.5, 0.6) is 0 Å². The predicted octanol–water partition coefficient (Wildman–Crippen LogP) is 1.66. The number of amidine groups is 1. The third-order valence-electron chi connectivity index (χ3n) is 1.20. The van der Waals surface area contributed by atoms with Gasteiger partial charge < -0.3 is 10.9 Å². The van der Waals surface area contributed by atoms with Crippen LogP contribution in [0.4, 0.5) is 0 Å². The van der Waals surface area contributed by atoms with E-state index in [4.69, 9.17) is 10.9 Å². The Balaban J connectivity index is 3.02. The molecule has 0 unspecified atom stereocenters. The molecule has 0 rings (SSSR count). The fourth-order valence-electron chi connectivity index (χ4n) is 0.652. The maximum absolute atomic E-state index is 8.19. The van der Waals surface area contributed by atoms with Crippen LogP contribution in [-0.2, 0) is 0 Å². The maximum Gasteiger partial charge on any atom is 0.139 e. The zero-order chi connectivity index (χ0) is 8.53. The second-order valence-electron chi connectivity index (χ2n) is 2.31. The van der Waals surface area contributed by atoms with E-state index >= 15 is 0 Å². The largest absolute Gasteiger partial charge is 0.409 e. The molecule has 11 heavy (non-hydrogen) atoms. The number of hydrogen-bond donors (Lipinski definition) is 2. The van der Waals surface area contributed by atoms with Crippen LogP contribution in [0.2, 0.25) is 0 Å². The minimum absolute atomic E-state index is 0.335. The molecule has 0 aliphatic carbocycles. The Morgan fingerprint density at radius 1 is 1.55 bits per heavy atom. The summed E-state index contributed by atoms with van der Waals surface area (Å²) in [5, 5.41) is 11.1. The molecule has 0 radical (unpaired) electrons. The number of nitrogens with two attached hydrogens (primary N) is 1. The van der Waals surface area contributed by atoms with Crippen molar-refractivity contribution in [3.63, 3.8) is 0 Å². The topological polar surface area (TPSA) is 58.6 Å². The minimum atomic E-state index is 0.335. The smallest absolute Gasteiger partial charge is 0.139 e. The molecule has 0 saturated carbocycles. The summed E-state index contributed by atoms with van der Waals surface area (Å²) in [6.07, 6.45) is 2.92. The first-order valence-corrected chi connectivity index (χ1v) is 5.00. The van der Waals surface area contributed by atoms with Gasteiger partial charge in [0, 0.05) is 6.42 Å². The van der Waals surface area contributed by atoms with Gasteiger partial charge in [-0.05, 0) is 24.3 Å². The molecule has 0 amide bonds. The highest BCUT2D eigenvalue weighted by atomic mass is 32.2. The summed E-state index contributed by atoms with van der Waals surface area (Å²) >= 11 is 1.91. The summed E-state index contributed by atoms with van der Waals surface area (Å²) in [5.41, 5.74) is 5.28. The molecule has 0 fully saturated rings. The number of nitrogens with zero attached hydrogens (tertiary/aromatic N) is 1. The van der Waals surface area contributed by atoms with Gasteiger partial charge in [-0.25, -0.2) is 0 Å². The van der Waals surface area contributed by atoms with Crippen molar-refractivity contribution in [3.05, 3.63) is 0 Å². The molecule has 4 heteroatoms. The Morgan fingerprint density at radius 2 is 2.27 bits per heavy atom. The van der Waals surface area contributed by atoms with Crippen molar-refractivity contribution in [3.8, 4) is 0 Å². The van der Waals surface area contributed by atoms with Crippen LogP contribution in [-0.4, -0.2) is 22.5 Å². The number of oxime groups is 1. The molecule has 0 aromatic heterocycles. The fourth-order valence-corrected chi connectivity index (χ4v) is 1.49. The molecular weight excluding hydrogens is 160 g/mol. The van der Waals surface area contributed by atoms with E-state index in [1.165, 1.54) is 12.2 Å². The lowest BCUT2D eigenvalue weighted by atomic mass is 10.3. The third-order valence-corrected chi connectivity index (χ3v) is 2.47. The Labute approximate surface area is 72.0 Å². The van der Waals surface area contributed by atoms with Crippen molar-refractivity contribution >= 4 is 17.6 Å². The van der Waals surface area contributed by atoms with Gasteiger partial charge in [0.15, 0.2) is 0 Å². The average Bonchev–Trinajstić information content (AvgIpc) is 2.04. The molecule has 0 spiro atoms. The predicted molar refractivity (Wildman–Crippen MR) is 50.3 cm³/mol. The fraction of sp³-hybridized carbons (Fsp3) is 0.857. The SMILES string of the molecule is CCCSCCC/C(N)=N/O. The van der Waals surface area contributed by atoms with Crippen molar-refractivity contribution in [1.82, 2.24) is 0 Å². The van der Waals surface area contributed by atoms with Gasteiger partial charge in [-0.2, -0.15) is 11.8 Å². The molecule has 0 heterocycles. The van der Waals surface area contributed by atoms with Gasteiger partial charge in [-0.15, -0.1) is 0 Å². The molecular formula is C7H16N2OS. The lowest BCUT2D eigenvalue weighted by Gasteiger charge is -1.98. The first kappa shape index (κ1) is 10.6. The second-order valence-corrected chi connectivity index (χ2v) is 3.53. The molecule has 0 aliphatic heterocycles. The van der Waals surface area contributed by atoms with Crippen LogP contribution in [0.3, 0.4) is 0 Å². The summed E-state index contributed by atoms with van der Waals surface area (Å²) in [6, 6.07) is 0. The standard InChI is InChI=1S/C7H16N2OS/c1-2-5-11-6-3-4-7(8)9-10/h10H,2-6H2,1H3,(H2,8,9). The zero-order valence-corrected chi connectivity index (χ0v) is 7.73. The molecule has 0 bridgehead atoms. The van der Waals surface area contributed by atoms with Crippen LogP contribution >= 0.6 is 11.8 Å². The van der Waals surface area contributed by atoms with E-state index < -0.39 is 0 Å². The molecule has 0 saturated heterocycles. The highest BCUT2D eigenvalue weighted by Crippen LogP contribution is 2.05. The van der Waals surface area contributed by atoms with Crippen LogP contribution in [0.1, 0.15) is 26.2 Å². The van der Waals surface area contributed by atoms with Crippen LogP contribution < -0.4 is 5.73 Å². The monoisotopic (exact) mass is 176 g/mol. The van der Waals surface area contributed by atoms with Crippen LogP contribution in [0.25, 0.3) is 0 Å². The summed E-state index contributed by atoms with van der Waals surface area (Å²) in [4.78, 5) is 0. The molecule has 66 valence electrons. The van der Waals surface area contributed by atoms with E-state index in [-0.39, 0.29) is 0 Å². The van der Waals surface area contributed by atoms with Gasteiger partial charge in [0.2, 0.25) is 0 Å². The molecule has 0 aliphatic rings. The van der Waals surface area contributed by atoms with E-state index in [0.717, 1.165) is 12.2 Å². The average molecular weight is 176 g/mol. The van der Waals surface area contributed by atoms with Crippen molar-refractivity contribution in [2.24, 2.45) is 10.9 Å². The van der Waals surface area contributed by atoms with Crippen molar-refractivity contribution in [2.75, 3.05) is 11.5 Å². The summed E-state index contributed by atoms with van der Waals surface area (Å²) < 4.78 is 0. The van der Waals surface area contributed by atoms with Gasteiger partial charge in [-0.3, -0.25) is 0 Å². The van der Waals surface area contributed by atoms with Crippen LogP contribution in [0, 0.1) is 0 Å². The number of rotatable bonds is 6. The van der Waals surface area contributed by atoms with Gasteiger partial charge in [0.1, 0.15) is 5.84 Å². The van der Waals surface area contributed by atoms with Gasteiger partial charge in [-0.1, -0.05) is 12.1 Å². The Hall–Kier alpha value is -0.380. The number of thioether (sulfide) groups is 1. The Morgan fingerprint density at radius 3 is 2.82 bits per heavy atom. The van der Waals surface area contributed by atoms with Crippen LogP contribution in [0.15, 0.2) is 5.16 Å². The summed E-state index contributed by atoms with van der Waals surface area (Å²) in [5.74, 6) is 2.64. The highest BCUT2D eigenvalue weighted by Gasteiger charge is 1.92. The van der Waals surface area contributed by atoms with E-state index in [1.807, 2.05) is 11.8 Å². The zero-order valence-electron chi connectivity index (χ0n) is 6.92. The minimum Gasteiger partial charge on any atom is -0.409 e. The first-order valence-electron chi connectivity index (χ1n) is 3.85. The molecule has 0 aromatic carbocycles. The van der Waals surface area contributed by atoms with E-state index in [0.29, 0.717) is 12.3 Å². The maximum atomic E-state index is 8.19. The van der Waals surface area contributed by atoms with E-state index in [9.17, 15) is 0 Å². The quantitative estimate of drug-likeness (QED) is 0.213. The second kappa shape index (κ2) is 7.72. The number of hydrogen-bond acceptors (Lipinski definition) is 3. The highest BCUT2D eigenvalue weighted by molar-refractivity contribution is 7.99. The van der Waals surface area contributed by atoms with Crippen molar-refractivity contribution in [1.29, 1.82) is 0 Å². The first-order chi connectivity index (χ1) is 5.31. The molecule has 3 N–H and O–H groups in total. The Kier molecular flexibility index (Phi) is 7.46. The van der Waals surface area contributed by atoms with Crippen molar-refractivity contribution in [2.45, 2.75) is 26.2 Å². The van der Waals surface area contributed by atoms with E-state index in [1.54, 1.807) is 0 Å². The molecule has 0 aromatic rings. The van der Waals surface area contributed by atoms with Gasteiger partial charge in [0.25, 0.3) is 0 Å².